The van der Waals surface area contributed by atoms with E-state index in [0.717, 1.165) is 4.90 Å². The Morgan fingerprint density at radius 1 is 1.05 bits per heavy atom. The molecule has 21 heavy (non-hydrogen) atoms. The van der Waals surface area contributed by atoms with E-state index in [4.69, 9.17) is 4.42 Å². The lowest BCUT2D eigenvalue weighted by molar-refractivity contribution is -0.402. The van der Waals surface area contributed by atoms with Gasteiger partial charge in [-0.05, 0) is 40.5 Å². The number of nitro groups is 1. The van der Waals surface area contributed by atoms with Crippen molar-refractivity contribution in [1.29, 1.82) is 0 Å². The highest BCUT2D eigenvalue weighted by molar-refractivity contribution is 8.02. The zero-order valence-corrected chi connectivity index (χ0v) is 11.7. The van der Waals surface area contributed by atoms with E-state index in [1.807, 2.05) is 23.6 Å². The van der Waals surface area contributed by atoms with E-state index in [9.17, 15) is 10.1 Å². The third-order valence-corrected chi connectivity index (χ3v) is 3.75. The lowest BCUT2D eigenvalue weighted by atomic mass is 10.1. The molecule has 0 bridgehead atoms. The fraction of sp³-hybridized carbons (Fsp3) is 0. The van der Waals surface area contributed by atoms with E-state index in [2.05, 4.69) is 24.3 Å². The first-order chi connectivity index (χ1) is 10.2. The van der Waals surface area contributed by atoms with Gasteiger partial charge in [0, 0.05) is 4.90 Å². The molecule has 0 saturated carbocycles. The molecule has 0 fully saturated rings. The number of rotatable bonds is 4. The lowest BCUT2D eigenvalue weighted by Gasteiger charge is -2.00. The van der Waals surface area contributed by atoms with Crippen molar-refractivity contribution in [1.82, 2.24) is 0 Å². The number of fused-ring (bicyclic) bond motifs is 1. The van der Waals surface area contributed by atoms with Gasteiger partial charge in [0.2, 0.25) is 0 Å². The maximum Gasteiger partial charge on any atom is 0.433 e. The van der Waals surface area contributed by atoms with E-state index in [1.165, 1.54) is 28.6 Å². The molecule has 0 radical (unpaired) electrons. The largest absolute Gasteiger partial charge is 0.433 e. The molecule has 0 atom stereocenters. The van der Waals surface area contributed by atoms with Gasteiger partial charge in [-0.3, -0.25) is 10.1 Å². The molecule has 4 nitrogen and oxygen atoms in total. The summed E-state index contributed by atoms with van der Waals surface area (Å²) in [5, 5.41) is 14.8. The predicted molar refractivity (Wildman–Crippen MR) is 84.2 cm³/mol. The summed E-state index contributed by atoms with van der Waals surface area (Å²) < 4.78 is 5.05. The maximum atomic E-state index is 10.5. The van der Waals surface area contributed by atoms with Crippen molar-refractivity contribution in [3.05, 3.63) is 75.9 Å². The molecule has 5 heteroatoms. The number of nitrogens with zero attached hydrogens (tertiary/aromatic N) is 1. The molecule has 1 aromatic heterocycles. The molecule has 0 aliphatic heterocycles. The number of hydrogen-bond acceptors (Lipinski definition) is 4. The average molecular weight is 297 g/mol. The molecule has 0 aliphatic carbocycles. The summed E-state index contributed by atoms with van der Waals surface area (Å²) in [6.07, 6.45) is 1.72. The van der Waals surface area contributed by atoms with E-state index >= 15 is 0 Å². The fourth-order valence-corrected chi connectivity index (χ4v) is 2.65. The minimum absolute atomic E-state index is 0.245. The van der Waals surface area contributed by atoms with Crippen LogP contribution in [0.3, 0.4) is 0 Å². The standard InChI is InChI=1S/C16H11NO3S/c18-17(19)16-8-6-14(20-16)9-10-21-15-7-5-12-3-1-2-4-13(12)11-15/h1-11H/b10-9+. The first-order valence-electron chi connectivity index (χ1n) is 6.28. The molecular weight excluding hydrogens is 286 g/mol. The van der Waals surface area contributed by atoms with Gasteiger partial charge in [-0.15, -0.1) is 0 Å². The Labute approximate surface area is 125 Å². The van der Waals surface area contributed by atoms with Crippen LogP contribution in [0.2, 0.25) is 0 Å². The first-order valence-corrected chi connectivity index (χ1v) is 7.16. The van der Waals surface area contributed by atoms with E-state index in [-0.39, 0.29) is 5.88 Å². The Morgan fingerprint density at radius 2 is 1.86 bits per heavy atom. The molecule has 0 spiro atoms. The van der Waals surface area contributed by atoms with Crippen molar-refractivity contribution in [2.75, 3.05) is 0 Å². The van der Waals surface area contributed by atoms with Crippen LogP contribution in [0.25, 0.3) is 16.8 Å². The Hall–Kier alpha value is -2.53. The highest BCUT2D eigenvalue weighted by atomic mass is 32.2. The number of benzene rings is 2. The second-order valence-electron chi connectivity index (χ2n) is 4.36. The smallest absolute Gasteiger partial charge is 0.401 e. The molecule has 3 aromatic rings. The van der Waals surface area contributed by atoms with Crippen LogP contribution < -0.4 is 0 Å². The molecule has 104 valence electrons. The van der Waals surface area contributed by atoms with Gasteiger partial charge in [0.05, 0.1) is 6.07 Å². The van der Waals surface area contributed by atoms with Crippen LogP contribution in [0.1, 0.15) is 5.76 Å². The van der Waals surface area contributed by atoms with Gasteiger partial charge in [0.15, 0.2) is 0 Å². The second kappa shape index (κ2) is 5.85. The number of hydrogen-bond donors (Lipinski definition) is 0. The van der Waals surface area contributed by atoms with Gasteiger partial charge >= 0.3 is 5.88 Å². The predicted octanol–water partition coefficient (Wildman–Crippen LogP) is 5.10. The number of thioether (sulfide) groups is 1. The highest BCUT2D eigenvalue weighted by Gasteiger charge is 2.09. The van der Waals surface area contributed by atoms with E-state index < -0.39 is 4.92 Å². The minimum Gasteiger partial charge on any atom is -0.401 e. The van der Waals surface area contributed by atoms with Gasteiger partial charge in [0.25, 0.3) is 0 Å². The second-order valence-corrected chi connectivity index (χ2v) is 5.34. The van der Waals surface area contributed by atoms with Crippen LogP contribution in [-0.2, 0) is 0 Å². The van der Waals surface area contributed by atoms with Crippen LogP contribution in [0.5, 0.6) is 0 Å². The van der Waals surface area contributed by atoms with Gasteiger partial charge in [-0.1, -0.05) is 42.1 Å². The monoisotopic (exact) mass is 297 g/mol. The SMILES string of the molecule is O=[N+]([O-])c1ccc(/C=C/Sc2ccc3ccccc3c2)o1. The molecule has 3 rings (SSSR count). The van der Waals surface area contributed by atoms with Crippen LogP contribution >= 0.6 is 11.8 Å². The maximum absolute atomic E-state index is 10.5. The summed E-state index contributed by atoms with van der Waals surface area (Å²) in [6.45, 7) is 0. The summed E-state index contributed by atoms with van der Waals surface area (Å²) >= 11 is 1.54. The molecule has 0 amide bonds. The van der Waals surface area contributed by atoms with Gasteiger partial charge < -0.3 is 4.42 Å². The summed E-state index contributed by atoms with van der Waals surface area (Å²) in [7, 11) is 0. The average Bonchev–Trinajstić information content (AvgIpc) is 2.96. The third kappa shape index (κ3) is 3.14. The number of furan rings is 1. The van der Waals surface area contributed by atoms with Crippen molar-refractivity contribution < 1.29 is 9.34 Å². The summed E-state index contributed by atoms with van der Waals surface area (Å²) in [5.41, 5.74) is 0. The van der Waals surface area contributed by atoms with E-state index in [1.54, 1.807) is 12.1 Å². The summed E-state index contributed by atoms with van der Waals surface area (Å²) in [4.78, 5) is 11.1. The highest BCUT2D eigenvalue weighted by Crippen LogP contribution is 2.25. The first kappa shape index (κ1) is 13.5. The van der Waals surface area contributed by atoms with Crippen molar-refractivity contribution in [2.24, 2.45) is 0 Å². The van der Waals surface area contributed by atoms with Crippen LogP contribution in [0.15, 0.2) is 69.3 Å². The van der Waals surface area contributed by atoms with Gasteiger partial charge in [0.1, 0.15) is 10.7 Å². The molecule has 2 aromatic carbocycles. The van der Waals surface area contributed by atoms with Crippen molar-refractivity contribution >= 4 is 34.5 Å². The van der Waals surface area contributed by atoms with Crippen molar-refractivity contribution in [3.63, 3.8) is 0 Å². The summed E-state index contributed by atoms with van der Waals surface area (Å²) in [6, 6.07) is 17.3. The van der Waals surface area contributed by atoms with Crippen LogP contribution in [0.4, 0.5) is 5.88 Å². The fourth-order valence-electron chi connectivity index (χ4n) is 1.95. The normalized spacial score (nSPS) is 11.2. The van der Waals surface area contributed by atoms with Crippen molar-refractivity contribution in [2.45, 2.75) is 4.90 Å². The van der Waals surface area contributed by atoms with E-state index in [0.29, 0.717) is 5.76 Å². The molecule has 1 heterocycles. The Kier molecular flexibility index (Phi) is 3.75. The van der Waals surface area contributed by atoms with Gasteiger partial charge in [-0.2, -0.15) is 0 Å². The van der Waals surface area contributed by atoms with Gasteiger partial charge in [-0.25, -0.2) is 0 Å². The Balaban J connectivity index is 1.73. The summed E-state index contributed by atoms with van der Waals surface area (Å²) in [5.74, 6) is 0.223. The van der Waals surface area contributed by atoms with Crippen molar-refractivity contribution in [3.8, 4) is 0 Å². The molecule has 0 saturated heterocycles. The van der Waals surface area contributed by atoms with Crippen LogP contribution in [0, 0.1) is 10.1 Å². The Bertz CT molecular complexity index is 823. The third-order valence-electron chi connectivity index (χ3n) is 2.95. The minimum atomic E-state index is -0.548. The molecule has 0 unspecified atom stereocenters. The Morgan fingerprint density at radius 3 is 2.62 bits per heavy atom. The molecular formula is C16H11NO3S. The lowest BCUT2D eigenvalue weighted by Crippen LogP contribution is -1.82. The molecule has 0 aliphatic rings. The topological polar surface area (TPSA) is 56.3 Å². The zero-order chi connectivity index (χ0) is 14.7. The van der Waals surface area contributed by atoms with Crippen LogP contribution in [-0.4, -0.2) is 4.92 Å². The quantitative estimate of drug-likeness (QED) is 0.382. The zero-order valence-electron chi connectivity index (χ0n) is 10.9. The molecule has 0 N–H and O–H groups in total.